The van der Waals surface area contributed by atoms with Crippen LogP contribution in [0.25, 0.3) is 0 Å². The van der Waals surface area contributed by atoms with Crippen molar-refractivity contribution < 1.29 is 9.34 Å². The van der Waals surface area contributed by atoms with Gasteiger partial charge in [0.05, 0.1) is 17.2 Å². The molecule has 3 rings (SSSR count). The topological polar surface area (TPSA) is 86.8 Å². The quantitative estimate of drug-likeness (QED) is 0.172. The van der Waals surface area contributed by atoms with E-state index in [4.69, 9.17) is 4.42 Å². The Kier molecular flexibility index (Phi) is 12.3. The van der Waals surface area contributed by atoms with Gasteiger partial charge in [-0.1, -0.05) is 0 Å². The third-order valence-electron chi connectivity index (χ3n) is 5.33. The van der Waals surface area contributed by atoms with Crippen molar-refractivity contribution in [3.63, 3.8) is 0 Å². The lowest BCUT2D eigenvalue weighted by atomic mass is 10.4. The Labute approximate surface area is 221 Å². The molecule has 2 aromatic rings. The monoisotopic (exact) mass is 539 g/mol. The Morgan fingerprint density at radius 1 is 1.09 bits per heavy atom. The van der Waals surface area contributed by atoms with Gasteiger partial charge in [-0.25, -0.2) is 0 Å². The molecule has 0 aromatic carbocycles. The zero-order valence-electron chi connectivity index (χ0n) is 20.7. The fraction of sp³-hybridized carbons (Fsp3) is 0.583. The molecular weight excluding hydrogens is 502 g/mol. The molecular formula is C24H37N5O3S3. The highest BCUT2D eigenvalue weighted by atomic mass is 32.2. The van der Waals surface area contributed by atoms with E-state index in [2.05, 4.69) is 32.6 Å². The minimum absolute atomic E-state index is 0.418. The maximum Gasteiger partial charge on any atom is 0.274 e. The van der Waals surface area contributed by atoms with Crippen molar-refractivity contribution in [2.45, 2.75) is 37.4 Å². The molecule has 2 aromatic heterocycles. The molecule has 0 saturated carbocycles. The first-order chi connectivity index (χ1) is 17.0. The molecule has 1 fully saturated rings. The summed E-state index contributed by atoms with van der Waals surface area (Å²) in [7, 11) is 4.03. The molecule has 0 unspecified atom stereocenters. The Hall–Kier alpha value is -1.66. The molecule has 1 saturated heterocycles. The molecule has 0 atom stereocenters. The summed E-state index contributed by atoms with van der Waals surface area (Å²) in [5.41, 5.74) is 0. The summed E-state index contributed by atoms with van der Waals surface area (Å²) in [6, 6.07) is 8.52. The molecule has 3 heterocycles. The summed E-state index contributed by atoms with van der Waals surface area (Å²) in [6.45, 7) is 5.64. The maximum absolute atomic E-state index is 11.0. The highest BCUT2D eigenvalue weighted by Crippen LogP contribution is 2.24. The molecule has 1 aliphatic heterocycles. The number of thioether (sulfide) groups is 2. The van der Waals surface area contributed by atoms with Crippen LogP contribution in [0.2, 0.25) is 0 Å². The zero-order chi connectivity index (χ0) is 24.9. The highest BCUT2D eigenvalue weighted by molar-refractivity contribution is 7.98. The first kappa shape index (κ1) is 27.9. The van der Waals surface area contributed by atoms with E-state index in [0.29, 0.717) is 18.9 Å². The van der Waals surface area contributed by atoms with Crippen molar-refractivity contribution in [3.05, 3.63) is 67.7 Å². The van der Waals surface area contributed by atoms with Crippen LogP contribution in [0.3, 0.4) is 0 Å². The number of furan rings is 1. The van der Waals surface area contributed by atoms with Gasteiger partial charge in [-0.05, 0) is 64.3 Å². The molecule has 35 heavy (non-hydrogen) atoms. The van der Waals surface area contributed by atoms with Gasteiger partial charge in [0.15, 0.2) is 5.82 Å². The van der Waals surface area contributed by atoms with Crippen LogP contribution in [0.4, 0.5) is 0 Å². The van der Waals surface area contributed by atoms with Crippen LogP contribution in [0.15, 0.2) is 40.7 Å². The van der Waals surface area contributed by atoms with E-state index in [1.165, 1.54) is 35.7 Å². The van der Waals surface area contributed by atoms with Gasteiger partial charge in [-0.2, -0.15) is 23.5 Å². The fourth-order valence-corrected chi connectivity index (χ4v) is 6.54. The second-order valence-electron chi connectivity index (χ2n) is 8.74. The highest BCUT2D eigenvalue weighted by Gasteiger charge is 2.13. The largest absolute Gasteiger partial charge is 0.464 e. The van der Waals surface area contributed by atoms with Crippen LogP contribution in [-0.4, -0.2) is 66.5 Å². The fourth-order valence-electron chi connectivity index (χ4n) is 3.76. The van der Waals surface area contributed by atoms with Crippen LogP contribution < -0.4 is 10.6 Å². The van der Waals surface area contributed by atoms with E-state index in [1.807, 2.05) is 49.3 Å². The third-order valence-corrected chi connectivity index (χ3v) is 8.57. The Morgan fingerprint density at radius 3 is 2.43 bits per heavy atom. The molecule has 0 aliphatic carbocycles. The second-order valence-corrected chi connectivity index (χ2v) is 12.2. The van der Waals surface area contributed by atoms with E-state index in [9.17, 15) is 10.1 Å². The van der Waals surface area contributed by atoms with Crippen molar-refractivity contribution in [2.24, 2.45) is 0 Å². The number of rotatable bonds is 17. The molecule has 1 aliphatic rings. The molecule has 8 nitrogen and oxygen atoms in total. The number of nitro groups is 1. The summed E-state index contributed by atoms with van der Waals surface area (Å²) >= 11 is 5.49. The molecule has 11 heteroatoms. The van der Waals surface area contributed by atoms with Crippen LogP contribution in [0.5, 0.6) is 0 Å². The lowest BCUT2D eigenvalue weighted by molar-refractivity contribution is -0.404. The Balaban J connectivity index is 1.27. The van der Waals surface area contributed by atoms with Crippen molar-refractivity contribution in [3.8, 4) is 0 Å². The lowest BCUT2D eigenvalue weighted by Crippen LogP contribution is -2.30. The number of nitrogens with zero attached hydrogens (tertiary/aromatic N) is 3. The average Bonchev–Trinajstić information content (AvgIpc) is 3.56. The van der Waals surface area contributed by atoms with E-state index in [-0.39, 0.29) is 0 Å². The van der Waals surface area contributed by atoms with Gasteiger partial charge in [-0.3, -0.25) is 15.0 Å². The summed E-state index contributed by atoms with van der Waals surface area (Å²) in [6.07, 6.45) is 3.66. The van der Waals surface area contributed by atoms with Gasteiger partial charge in [0.1, 0.15) is 11.5 Å². The standard InChI is InChI=1S/C24H37N5O3S3/c1-27(2)15-20-5-6-21(32-20)18-33-13-9-25-24(17-29(30)31)26-10-14-34-19-23-8-7-22(35-23)16-28-11-3-4-12-28/h5-8,17,25-26H,3-4,9-16,18-19H2,1-2H3/b24-17-. The molecule has 0 bridgehead atoms. The number of hydrogen-bond acceptors (Lipinski definition) is 10. The van der Waals surface area contributed by atoms with E-state index >= 15 is 0 Å². The molecule has 0 radical (unpaired) electrons. The van der Waals surface area contributed by atoms with E-state index in [1.54, 1.807) is 11.8 Å². The van der Waals surface area contributed by atoms with Crippen LogP contribution >= 0.6 is 34.9 Å². The normalized spacial score (nSPS) is 14.7. The van der Waals surface area contributed by atoms with Crippen molar-refractivity contribution in [2.75, 3.05) is 51.8 Å². The first-order valence-corrected chi connectivity index (χ1v) is 15.1. The minimum atomic E-state index is -0.418. The Bertz CT molecular complexity index is 925. The lowest BCUT2D eigenvalue weighted by Gasteiger charge is -2.12. The minimum Gasteiger partial charge on any atom is -0.464 e. The van der Waals surface area contributed by atoms with E-state index in [0.717, 1.165) is 53.8 Å². The average molecular weight is 540 g/mol. The van der Waals surface area contributed by atoms with Crippen LogP contribution in [0, 0.1) is 10.1 Å². The summed E-state index contributed by atoms with van der Waals surface area (Å²) < 4.78 is 5.81. The van der Waals surface area contributed by atoms with Crippen LogP contribution in [-0.2, 0) is 24.6 Å². The first-order valence-electron chi connectivity index (χ1n) is 12.0. The van der Waals surface area contributed by atoms with Gasteiger partial charge in [0.2, 0.25) is 0 Å². The Morgan fingerprint density at radius 2 is 1.74 bits per heavy atom. The van der Waals surface area contributed by atoms with Crippen LogP contribution in [0.1, 0.15) is 34.1 Å². The van der Waals surface area contributed by atoms with Crippen molar-refractivity contribution >= 4 is 34.9 Å². The predicted octanol–water partition coefficient (Wildman–Crippen LogP) is 4.42. The number of likely N-dealkylation sites (tertiary alicyclic amines) is 1. The zero-order valence-corrected chi connectivity index (χ0v) is 23.1. The van der Waals surface area contributed by atoms with Crippen molar-refractivity contribution in [1.82, 2.24) is 20.4 Å². The van der Waals surface area contributed by atoms with Gasteiger partial charge >= 0.3 is 0 Å². The van der Waals surface area contributed by atoms with Gasteiger partial charge in [-0.15, -0.1) is 11.3 Å². The molecule has 0 amide bonds. The molecule has 0 spiro atoms. The molecule has 194 valence electrons. The van der Waals surface area contributed by atoms with E-state index < -0.39 is 4.92 Å². The number of thiophene rings is 1. The van der Waals surface area contributed by atoms with Gasteiger partial charge in [0, 0.05) is 46.6 Å². The third kappa shape index (κ3) is 11.3. The maximum atomic E-state index is 11.0. The van der Waals surface area contributed by atoms with Gasteiger partial charge < -0.3 is 20.0 Å². The summed E-state index contributed by atoms with van der Waals surface area (Å²) in [5.74, 6) is 5.86. The number of nitrogens with one attached hydrogen (secondary N) is 2. The van der Waals surface area contributed by atoms with Crippen molar-refractivity contribution in [1.29, 1.82) is 0 Å². The number of hydrogen-bond donors (Lipinski definition) is 2. The summed E-state index contributed by atoms with van der Waals surface area (Å²) in [5, 5.41) is 17.3. The molecule has 2 N–H and O–H groups in total. The SMILES string of the molecule is CN(C)Cc1ccc(CSCCN/C(=C/[N+](=O)[O-])NCCSCc2ccc(CN3CCCC3)s2)o1. The second kappa shape index (κ2) is 15.5. The smallest absolute Gasteiger partial charge is 0.274 e. The summed E-state index contributed by atoms with van der Waals surface area (Å²) in [4.78, 5) is 18.0. The predicted molar refractivity (Wildman–Crippen MR) is 148 cm³/mol. The van der Waals surface area contributed by atoms with Gasteiger partial charge in [0.25, 0.3) is 6.20 Å².